The fourth-order valence-electron chi connectivity index (χ4n) is 3.62. The number of nitrogens with zero attached hydrogens (tertiary/aromatic N) is 3. The minimum atomic E-state index is -0.532. The Bertz CT molecular complexity index is 725. The van der Waals surface area contributed by atoms with Gasteiger partial charge in [-0.05, 0) is 57.0 Å². The fraction of sp³-hybridized carbons (Fsp3) is 0.444. The van der Waals surface area contributed by atoms with E-state index in [0.29, 0.717) is 0 Å². The molecule has 6 heteroatoms. The molecule has 2 heterocycles. The van der Waals surface area contributed by atoms with Crippen molar-refractivity contribution in [1.29, 1.82) is 0 Å². The molecule has 3 rings (SSSR count). The molecule has 0 radical (unpaired) electrons. The van der Waals surface area contributed by atoms with Gasteiger partial charge in [0.1, 0.15) is 11.9 Å². The molecule has 1 aliphatic rings. The van der Waals surface area contributed by atoms with Gasteiger partial charge in [-0.1, -0.05) is 12.1 Å². The number of carbonyl (C=O) groups is 1. The topological polar surface area (TPSA) is 64.2 Å². The zero-order valence-corrected chi connectivity index (χ0v) is 14.1. The standard InChI is InChI=1S/C18H23FN4O/c1-12-10-13(2)23(21-12)11-16-4-3-9-22(16)17(18(20)24)14-5-7-15(19)8-6-14/h5-8,10,16-17H,3-4,9,11H2,1-2H3,(H2,20,24). The number of nitrogens with two attached hydrogens (primary N) is 1. The van der Waals surface area contributed by atoms with Crippen molar-refractivity contribution in [2.75, 3.05) is 6.54 Å². The van der Waals surface area contributed by atoms with E-state index in [9.17, 15) is 9.18 Å². The maximum absolute atomic E-state index is 13.2. The molecule has 0 saturated carbocycles. The lowest BCUT2D eigenvalue weighted by Crippen LogP contribution is -2.42. The minimum Gasteiger partial charge on any atom is -0.368 e. The molecule has 1 saturated heterocycles. The summed E-state index contributed by atoms with van der Waals surface area (Å²) in [6, 6.07) is 7.73. The Kier molecular flexibility index (Phi) is 4.66. The molecule has 1 amide bonds. The van der Waals surface area contributed by atoms with E-state index in [2.05, 4.69) is 10.00 Å². The first-order valence-electron chi connectivity index (χ1n) is 8.27. The van der Waals surface area contributed by atoms with Gasteiger partial charge in [-0.25, -0.2) is 4.39 Å². The predicted molar refractivity (Wildman–Crippen MR) is 89.8 cm³/mol. The van der Waals surface area contributed by atoms with Gasteiger partial charge in [0.2, 0.25) is 5.91 Å². The van der Waals surface area contributed by atoms with Gasteiger partial charge >= 0.3 is 0 Å². The quantitative estimate of drug-likeness (QED) is 0.915. The third-order valence-electron chi connectivity index (χ3n) is 4.70. The Balaban J connectivity index is 1.85. The number of carbonyl (C=O) groups excluding carboxylic acids is 1. The van der Waals surface area contributed by atoms with E-state index in [4.69, 9.17) is 5.73 Å². The molecule has 5 nitrogen and oxygen atoms in total. The van der Waals surface area contributed by atoms with Gasteiger partial charge < -0.3 is 5.73 Å². The van der Waals surface area contributed by atoms with Crippen molar-refractivity contribution in [3.8, 4) is 0 Å². The molecule has 0 aliphatic carbocycles. The van der Waals surface area contributed by atoms with Crippen LogP contribution in [0.25, 0.3) is 0 Å². The molecule has 1 aliphatic heterocycles. The Labute approximate surface area is 141 Å². The van der Waals surface area contributed by atoms with Crippen LogP contribution in [-0.4, -0.2) is 33.2 Å². The third-order valence-corrected chi connectivity index (χ3v) is 4.70. The normalized spacial score (nSPS) is 19.5. The molecule has 2 N–H and O–H groups in total. The molecule has 128 valence electrons. The van der Waals surface area contributed by atoms with Crippen molar-refractivity contribution < 1.29 is 9.18 Å². The molecule has 1 aromatic heterocycles. The first-order chi connectivity index (χ1) is 11.5. The van der Waals surface area contributed by atoms with Crippen LogP contribution in [0.5, 0.6) is 0 Å². The Morgan fingerprint density at radius 3 is 2.67 bits per heavy atom. The number of hydrogen-bond donors (Lipinski definition) is 1. The van der Waals surface area contributed by atoms with Gasteiger partial charge in [0.15, 0.2) is 0 Å². The number of rotatable bonds is 5. The van der Waals surface area contributed by atoms with Crippen molar-refractivity contribution in [3.05, 3.63) is 53.1 Å². The number of primary amides is 1. The number of aromatic nitrogens is 2. The summed E-state index contributed by atoms with van der Waals surface area (Å²) < 4.78 is 15.2. The summed E-state index contributed by atoms with van der Waals surface area (Å²) in [5, 5.41) is 4.52. The van der Waals surface area contributed by atoms with Gasteiger partial charge in [0.25, 0.3) is 0 Å². The summed E-state index contributed by atoms with van der Waals surface area (Å²) in [6.07, 6.45) is 2.00. The van der Waals surface area contributed by atoms with Gasteiger partial charge in [-0.3, -0.25) is 14.4 Å². The zero-order chi connectivity index (χ0) is 17.3. The first kappa shape index (κ1) is 16.6. The van der Waals surface area contributed by atoms with E-state index < -0.39 is 11.9 Å². The molecule has 2 unspecified atom stereocenters. The van der Waals surface area contributed by atoms with Crippen molar-refractivity contribution in [2.24, 2.45) is 5.73 Å². The van der Waals surface area contributed by atoms with E-state index in [0.717, 1.165) is 42.9 Å². The average molecular weight is 330 g/mol. The highest BCUT2D eigenvalue weighted by atomic mass is 19.1. The fourth-order valence-corrected chi connectivity index (χ4v) is 3.62. The van der Waals surface area contributed by atoms with Crippen LogP contribution in [0.2, 0.25) is 0 Å². The number of halogens is 1. The van der Waals surface area contributed by atoms with Gasteiger partial charge in [-0.2, -0.15) is 5.10 Å². The molecule has 0 spiro atoms. The molecule has 1 fully saturated rings. The third kappa shape index (κ3) is 3.33. The van der Waals surface area contributed by atoms with Gasteiger partial charge in [0, 0.05) is 11.7 Å². The summed E-state index contributed by atoms with van der Waals surface area (Å²) in [5.74, 6) is -0.718. The zero-order valence-electron chi connectivity index (χ0n) is 14.1. The Morgan fingerprint density at radius 1 is 1.38 bits per heavy atom. The lowest BCUT2D eigenvalue weighted by atomic mass is 10.0. The summed E-state index contributed by atoms with van der Waals surface area (Å²) in [5.41, 5.74) is 8.52. The number of hydrogen-bond acceptors (Lipinski definition) is 3. The monoisotopic (exact) mass is 330 g/mol. The largest absolute Gasteiger partial charge is 0.368 e. The van der Waals surface area contributed by atoms with Crippen molar-refractivity contribution in [3.63, 3.8) is 0 Å². The molecule has 2 atom stereocenters. The van der Waals surface area contributed by atoms with Crippen molar-refractivity contribution >= 4 is 5.91 Å². The highest BCUT2D eigenvalue weighted by Crippen LogP contribution is 2.30. The summed E-state index contributed by atoms with van der Waals surface area (Å²) in [7, 11) is 0. The highest BCUT2D eigenvalue weighted by Gasteiger charge is 2.35. The molecular formula is C18H23FN4O. The second-order valence-corrected chi connectivity index (χ2v) is 6.50. The number of aryl methyl sites for hydroxylation is 2. The molecular weight excluding hydrogens is 307 g/mol. The summed E-state index contributed by atoms with van der Waals surface area (Å²) in [6.45, 7) is 5.53. The number of benzene rings is 1. The van der Waals surface area contributed by atoms with Crippen LogP contribution in [0.1, 0.15) is 35.8 Å². The summed E-state index contributed by atoms with van der Waals surface area (Å²) >= 11 is 0. The van der Waals surface area contributed by atoms with E-state index in [1.54, 1.807) is 12.1 Å². The molecule has 24 heavy (non-hydrogen) atoms. The minimum absolute atomic E-state index is 0.186. The number of likely N-dealkylation sites (tertiary alicyclic amines) is 1. The van der Waals surface area contributed by atoms with Crippen LogP contribution in [-0.2, 0) is 11.3 Å². The van der Waals surface area contributed by atoms with E-state index in [1.165, 1.54) is 12.1 Å². The van der Waals surface area contributed by atoms with Crippen LogP contribution in [0.4, 0.5) is 4.39 Å². The van der Waals surface area contributed by atoms with Gasteiger partial charge in [-0.15, -0.1) is 0 Å². The van der Waals surface area contributed by atoms with Crippen LogP contribution in [0.3, 0.4) is 0 Å². The molecule has 1 aromatic carbocycles. The van der Waals surface area contributed by atoms with Crippen LogP contribution in [0, 0.1) is 19.7 Å². The highest BCUT2D eigenvalue weighted by molar-refractivity contribution is 5.81. The maximum Gasteiger partial charge on any atom is 0.239 e. The summed E-state index contributed by atoms with van der Waals surface area (Å²) in [4.78, 5) is 14.2. The lowest BCUT2D eigenvalue weighted by molar-refractivity contribution is -0.124. The van der Waals surface area contributed by atoms with E-state index in [-0.39, 0.29) is 11.9 Å². The smallest absolute Gasteiger partial charge is 0.239 e. The Morgan fingerprint density at radius 2 is 2.08 bits per heavy atom. The second-order valence-electron chi connectivity index (χ2n) is 6.50. The molecule has 2 aromatic rings. The SMILES string of the molecule is Cc1cc(C)n(CC2CCCN2C(C(N)=O)c2ccc(F)cc2)n1. The van der Waals surface area contributed by atoms with Crippen LogP contribution < -0.4 is 5.73 Å². The lowest BCUT2D eigenvalue weighted by Gasteiger charge is -2.31. The second kappa shape index (κ2) is 6.73. The first-order valence-corrected chi connectivity index (χ1v) is 8.27. The van der Waals surface area contributed by atoms with Crippen molar-refractivity contribution in [2.45, 2.75) is 45.3 Å². The van der Waals surface area contributed by atoms with E-state index >= 15 is 0 Å². The maximum atomic E-state index is 13.2. The van der Waals surface area contributed by atoms with Crippen molar-refractivity contribution in [1.82, 2.24) is 14.7 Å². The molecule has 0 bridgehead atoms. The Hall–Kier alpha value is -2.21. The predicted octanol–water partition coefficient (Wildman–Crippen LogP) is 2.33. The van der Waals surface area contributed by atoms with E-state index in [1.807, 2.05) is 24.6 Å². The van der Waals surface area contributed by atoms with Crippen LogP contribution in [0.15, 0.2) is 30.3 Å². The average Bonchev–Trinajstić information content (AvgIpc) is 3.08. The van der Waals surface area contributed by atoms with Crippen LogP contribution >= 0.6 is 0 Å². The van der Waals surface area contributed by atoms with Gasteiger partial charge in [0.05, 0.1) is 12.2 Å². The number of amides is 1.